The molecule has 2 aromatic carbocycles. The van der Waals surface area contributed by atoms with Gasteiger partial charge in [-0.05, 0) is 23.1 Å². The highest BCUT2D eigenvalue weighted by Crippen LogP contribution is 2.34. The predicted molar refractivity (Wildman–Crippen MR) is 117 cm³/mol. The minimum atomic E-state index is -1.48. The summed E-state index contributed by atoms with van der Waals surface area (Å²) >= 11 is 1.33. The summed E-state index contributed by atoms with van der Waals surface area (Å²) in [5, 5.41) is 37.8. The molecule has 0 spiro atoms. The molecule has 0 saturated carbocycles. The van der Waals surface area contributed by atoms with Crippen LogP contribution in [-0.2, 0) is 6.54 Å². The van der Waals surface area contributed by atoms with Gasteiger partial charge in [0, 0.05) is 47.6 Å². The van der Waals surface area contributed by atoms with E-state index in [0.717, 1.165) is 11.5 Å². The molecule has 0 unspecified atom stereocenters. The Labute approximate surface area is 183 Å². The highest BCUT2D eigenvalue weighted by atomic mass is 32.1. The average molecular weight is 451 g/mol. The fourth-order valence-corrected chi connectivity index (χ4v) is 3.88. The van der Waals surface area contributed by atoms with Gasteiger partial charge in [-0.1, -0.05) is 12.1 Å². The third kappa shape index (κ3) is 4.06. The molecule has 0 bridgehead atoms. The second kappa shape index (κ2) is 8.35. The third-order valence-corrected chi connectivity index (χ3v) is 5.42. The number of anilines is 1. The topological polar surface area (TPSA) is 161 Å². The maximum absolute atomic E-state index is 11.9. The summed E-state index contributed by atoms with van der Waals surface area (Å²) in [5.74, 6) is -1.44. The first-order valence-electron chi connectivity index (χ1n) is 9.07. The molecule has 2 heterocycles. The highest BCUT2D eigenvalue weighted by molar-refractivity contribution is 7.16. The molecule has 160 valence electrons. The zero-order valence-electron chi connectivity index (χ0n) is 16.1. The maximum Gasteiger partial charge on any atom is 0.343 e. The first kappa shape index (κ1) is 20.8. The van der Waals surface area contributed by atoms with Crippen molar-refractivity contribution in [3.05, 3.63) is 85.4 Å². The van der Waals surface area contributed by atoms with Crippen molar-refractivity contribution in [2.24, 2.45) is 0 Å². The van der Waals surface area contributed by atoms with E-state index in [4.69, 9.17) is 0 Å². The second-order valence-electron chi connectivity index (χ2n) is 6.64. The minimum absolute atomic E-state index is 0.0106. The molecule has 11 nitrogen and oxygen atoms in total. The van der Waals surface area contributed by atoms with E-state index in [0.29, 0.717) is 10.4 Å². The van der Waals surface area contributed by atoms with E-state index < -0.39 is 27.1 Å². The number of nitro benzene ring substituents is 2. The molecule has 0 aliphatic rings. The van der Waals surface area contributed by atoms with Gasteiger partial charge >= 0.3 is 5.97 Å². The van der Waals surface area contributed by atoms with Crippen molar-refractivity contribution in [1.82, 2.24) is 9.97 Å². The fraction of sp³-hybridized carbons (Fsp3) is 0.0500. The lowest BCUT2D eigenvalue weighted by Gasteiger charge is -2.11. The molecule has 2 aromatic heterocycles. The molecule has 4 rings (SSSR count). The summed E-state index contributed by atoms with van der Waals surface area (Å²) in [4.78, 5) is 42.3. The van der Waals surface area contributed by atoms with Crippen LogP contribution in [0.4, 0.5) is 17.1 Å². The van der Waals surface area contributed by atoms with Crippen LogP contribution < -0.4 is 5.32 Å². The fourth-order valence-electron chi connectivity index (χ4n) is 3.14. The van der Waals surface area contributed by atoms with E-state index in [1.54, 1.807) is 17.5 Å². The van der Waals surface area contributed by atoms with Crippen LogP contribution in [0.3, 0.4) is 0 Å². The van der Waals surface area contributed by atoms with Gasteiger partial charge < -0.3 is 10.4 Å². The van der Waals surface area contributed by atoms with E-state index in [9.17, 15) is 30.1 Å². The van der Waals surface area contributed by atoms with Gasteiger partial charge in [-0.25, -0.2) is 14.8 Å². The first-order valence-corrected chi connectivity index (χ1v) is 9.95. The number of hydrogen-bond acceptors (Lipinski definition) is 9. The van der Waals surface area contributed by atoms with Crippen LogP contribution >= 0.6 is 11.3 Å². The van der Waals surface area contributed by atoms with Crippen molar-refractivity contribution in [3.8, 4) is 11.4 Å². The van der Waals surface area contributed by atoms with Gasteiger partial charge in [0.15, 0.2) is 5.82 Å². The summed E-state index contributed by atoms with van der Waals surface area (Å²) in [6.45, 7) is 0.121. The quantitative estimate of drug-likeness (QED) is 0.304. The Morgan fingerprint density at radius 2 is 1.94 bits per heavy atom. The zero-order valence-corrected chi connectivity index (χ0v) is 16.9. The predicted octanol–water partition coefficient (Wildman–Crippen LogP) is 4.49. The van der Waals surface area contributed by atoms with E-state index >= 15 is 0 Å². The Morgan fingerprint density at radius 3 is 2.66 bits per heavy atom. The number of nitrogens with zero attached hydrogens (tertiary/aromatic N) is 4. The number of fused-ring (bicyclic) bond motifs is 1. The Hall–Kier alpha value is -4.45. The van der Waals surface area contributed by atoms with E-state index in [-0.39, 0.29) is 29.3 Å². The monoisotopic (exact) mass is 451 g/mol. The number of non-ortho nitro benzene ring substituents is 1. The van der Waals surface area contributed by atoms with Crippen LogP contribution in [0.2, 0.25) is 0 Å². The first-order chi connectivity index (χ1) is 15.3. The zero-order chi connectivity index (χ0) is 22.8. The second-order valence-corrected chi connectivity index (χ2v) is 7.53. The lowest BCUT2D eigenvalue weighted by atomic mass is 10.0. The summed E-state index contributed by atoms with van der Waals surface area (Å²) in [6.07, 6.45) is 1.52. The van der Waals surface area contributed by atoms with E-state index in [2.05, 4.69) is 15.3 Å². The summed E-state index contributed by atoms with van der Waals surface area (Å²) in [5.41, 5.74) is -0.420. The molecule has 4 aromatic rings. The van der Waals surface area contributed by atoms with Crippen molar-refractivity contribution in [1.29, 1.82) is 0 Å². The average Bonchev–Trinajstić information content (AvgIpc) is 3.25. The molecule has 12 heteroatoms. The molecule has 0 aliphatic heterocycles. The molecular weight excluding hydrogens is 438 g/mol. The Kier molecular flexibility index (Phi) is 5.43. The highest BCUT2D eigenvalue weighted by Gasteiger charge is 2.27. The van der Waals surface area contributed by atoms with Crippen molar-refractivity contribution >= 4 is 44.6 Å². The Morgan fingerprint density at radius 1 is 1.12 bits per heavy atom. The van der Waals surface area contributed by atoms with Crippen LogP contribution in [0, 0.1) is 20.2 Å². The number of aromatic nitrogens is 2. The summed E-state index contributed by atoms with van der Waals surface area (Å²) in [6, 6.07) is 10.3. The SMILES string of the molecule is O=C(O)c1c(-c2ncc3ccsc3n2)cc(NCc2cccc([N+](=O)[O-])c2)cc1[N+](=O)[O-]. The number of thiophene rings is 1. The number of carboxylic acids is 1. The summed E-state index contributed by atoms with van der Waals surface area (Å²) < 4.78 is 0. The van der Waals surface area contributed by atoms with Crippen molar-refractivity contribution in [2.75, 3.05) is 5.32 Å². The van der Waals surface area contributed by atoms with Crippen molar-refractivity contribution < 1.29 is 19.7 Å². The largest absolute Gasteiger partial charge is 0.477 e. The molecule has 2 N–H and O–H groups in total. The van der Waals surface area contributed by atoms with E-state index in [1.807, 2.05) is 0 Å². The number of benzene rings is 2. The smallest absolute Gasteiger partial charge is 0.343 e. The molecule has 0 saturated heterocycles. The van der Waals surface area contributed by atoms with Crippen LogP contribution in [-0.4, -0.2) is 30.9 Å². The maximum atomic E-state index is 11.9. The van der Waals surface area contributed by atoms with Crippen LogP contribution in [0.5, 0.6) is 0 Å². The molecular formula is C20H13N5O6S. The number of aromatic carboxylic acids is 1. The van der Waals surface area contributed by atoms with Crippen LogP contribution in [0.1, 0.15) is 15.9 Å². The van der Waals surface area contributed by atoms with Gasteiger partial charge in [0.05, 0.1) is 9.85 Å². The molecule has 0 amide bonds. The number of carboxylic acid groups (broad SMARTS) is 1. The van der Waals surface area contributed by atoms with Crippen molar-refractivity contribution in [3.63, 3.8) is 0 Å². The Bertz CT molecular complexity index is 1390. The number of carbonyl (C=O) groups is 1. The summed E-state index contributed by atoms with van der Waals surface area (Å²) in [7, 11) is 0. The normalized spacial score (nSPS) is 10.8. The van der Waals surface area contributed by atoms with Crippen molar-refractivity contribution in [2.45, 2.75) is 6.54 Å². The Balaban J connectivity index is 1.78. The van der Waals surface area contributed by atoms with Gasteiger partial charge in [-0.15, -0.1) is 11.3 Å². The third-order valence-electron chi connectivity index (χ3n) is 4.59. The molecule has 0 fully saturated rings. The van der Waals surface area contributed by atoms with Gasteiger partial charge in [0.2, 0.25) is 0 Å². The van der Waals surface area contributed by atoms with E-state index in [1.165, 1.54) is 41.8 Å². The number of rotatable bonds is 7. The standard InChI is InChI=1S/C20H13N5O6S/c26-20(27)17-15(18-22-10-12-4-5-32-19(12)23-18)7-13(8-16(17)25(30)31)21-9-11-2-1-3-14(6-11)24(28)29/h1-8,10,21H,9H2,(H,26,27). The molecule has 0 atom stereocenters. The lowest BCUT2D eigenvalue weighted by Crippen LogP contribution is -2.09. The minimum Gasteiger partial charge on any atom is -0.477 e. The van der Waals surface area contributed by atoms with Gasteiger partial charge in [-0.2, -0.15) is 0 Å². The lowest BCUT2D eigenvalue weighted by molar-refractivity contribution is -0.385. The van der Waals surface area contributed by atoms with Crippen LogP contribution in [0.15, 0.2) is 54.0 Å². The van der Waals surface area contributed by atoms with Gasteiger partial charge in [0.25, 0.3) is 11.4 Å². The number of nitro groups is 2. The van der Waals surface area contributed by atoms with Gasteiger partial charge in [0.1, 0.15) is 10.4 Å². The van der Waals surface area contributed by atoms with Crippen LogP contribution in [0.25, 0.3) is 21.6 Å². The molecule has 0 aliphatic carbocycles. The molecule has 0 radical (unpaired) electrons. The van der Waals surface area contributed by atoms with Gasteiger partial charge in [-0.3, -0.25) is 20.2 Å². The number of nitrogens with one attached hydrogen (secondary N) is 1. The number of hydrogen-bond donors (Lipinski definition) is 2. The molecule has 32 heavy (non-hydrogen) atoms.